The van der Waals surface area contributed by atoms with Crippen LogP contribution in [0.4, 0.5) is 17.5 Å². The molecule has 0 aliphatic heterocycles. The van der Waals surface area contributed by atoms with Crippen molar-refractivity contribution in [3.8, 4) is 5.88 Å². The minimum absolute atomic E-state index is 0.00853. The number of hydrogen-bond donors (Lipinski definition) is 3. The molecule has 178 valence electrons. The fourth-order valence-corrected chi connectivity index (χ4v) is 3.91. The number of nitrogens with two attached hydrogens (primary N) is 2. The van der Waals surface area contributed by atoms with Crippen LogP contribution in [0.3, 0.4) is 0 Å². The van der Waals surface area contributed by atoms with E-state index in [1.54, 1.807) is 3.11 Å². The van der Waals surface area contributed by atoms with Crippen molar-refractivity contribution in [3.05, 3.63) is 71.8 Å². The largest absolute Gasteiger partial charge is 0.472 e. The molecule has 2 aromatic carbocycles. The van der Waals surface area contributed by atoms with Crippen LogP contribution in [0.15, 0.2) is 60.7 Å². The number of halogens is 1. The maximum Gasteiger partial charge on any atom is 0.258 e. The highest BCUT2D eigenvalue weighted by atomic mass is 127. The lowest BCUT2D eigenvalue weighted by atomic mass is 10.0. The molecule has 0 saturated carbocycles. The molecule has 0 radical (unpaired) electrons. The summed E-state index contributed by atoms with van der Waals surface area (Å²) in [6.45, 7) is 4.13. The molecule has 2 amide bonds. The molecule has 5 N–H and O–H groups in total. The summed E-state index contributed by atoms with van der Waals surface area (Å²) in [5, 5.41) is 3.00. The van der Waals surface area contributed by atoms with Crippen molar-refractivity contribution in [2.75, 3.05) is 8.43 Å². The Bertz CT molecular complexity index is 1130. The molecule has 0 aliphatic rings. The molecule has 0 spiro atoms. The van der Waals surface area contributed by atoms with Crippen molar-refractivity contribution in [1.29, 1.82) is 0 Å². The summed E-state index contributed by atoms with van der Waals surface area (Å²) in [7, 11) is 0. The average molecular weight is 574 g/mol. The van der Waals surface area contributed by atoms with E-state index >= 15 is 0 Å². The summed E-state index contributed by atoms with van der Waals surface area (Å²) < 4.78 is 7.62. The van der Waals surface area contributed by atoms with E-state index in [4.69, 9.17) is 16.2 Å². The smallest absolute Gasteiger partial charge is 0.258 e. The van der Waals surface area contributed by atoms with Crippen LogP contribution in [0.25, 0.3) is 0 Å². The van der Waals surface area contributed by atoms with Gasteiger partial charge >= 0.3 is 0 Å². The third-order valence-corrected chi connectivity index (χ3v) is 5.86. The molecule has 0 saturated heterocycles. The van der Waals surface area contributed by atoms with Crippen molar-refractivity contribution >= 4 is 52.1 Å². The molecule has 0 unspecified atom stereocenters. The van der Waals surface area contributed by atoms with Crippen molar-refractivity contribution < 1.29 is 14.3 Å². The van der Waals surface area contributed by atoms with Gasteiger partial charge in [-0.15, -0.1) is 0 Å². The van der Waals surface area contributed by atoms with Crippen LogP contribution in [0, 0.1) is 5.92 Å². The van der Waals surface area contributed by atoms with Gasteiger partial charge in [-0.3, -0.25) is 12.7 Å². The molecule has 0 fully saturated rings. The number of aromatic nitrogens is 2. The Morgan fingerprint density at radius 1 is 1.03 bits per heavy atom. The molecule has 1 aromatic heterocycles. The Kier molecular flexibility index (Phi) is 8.63. The van der Waals surface area contributed by atoms with Crippen molar-refractivity contribution in [1.82, 2.24) is 9.97 Å². The Morgan fingerprint density at radius 2 is 1.65 bits per heavy atom. The van der Waals surface area contributed by atoms with Crippen LogP contribution in [0.2, 0.25) is 0 Å². The Balaban J connectivity index is 2.08. The molecule has 0 bridgehead atoms. The number of para-hydroxylation sites is 1. The highest BCUT2D eigenvalue weighted by Gasteiger charge is 2.27. The predicted molar refractivity (Wildman–Crippen MR) is 140 cm³/mol. The zero-order valence-corrected chi connectivity index (χ0v) is 21.1. The number of rotatable bonds is 11. The van der Waals surface area contributed by atoms with Gasteiger partial charge in [0.1, 0.15) is 18.2 Å². The monoisotopic (exact) mass is 574 g/mol. The van der Waals surface area contributed by atoms with Gasteiger partial charge in [0.15, 0.2) is 5.82 Å². The van der Waals surface area contributed by atoms with E-state index in [1.807, 2.05) is 97.4 Å². The lowest BCUT2D eigenvalue weighted by Gasteiger charge is -2.22. The fourth-order valence-electron chi connectivity index (χ4n) is 3.24. The number of carbonyl (C=O) groups excluding carboxylic acids is 2. The second-order valence-corrected chi connectivity index (χ2v) is 9.00. The number of nitrogens with zero attached hydrogens (tertiary/aromatic N) is 3. The third-order valence-electron chi connectivity index (χ3n) is 4.84. The molecule has 3 aromatic rings. The number of nitrogens with one attached hydrogen (secondary N) is 1. The highest BCUT2D eigenvalue weighted by Crippen LogP contribution is 2.35. The zero-order chi connectivity index (χ0) is 24.7. The quantitative estimate of drug-likeness (QED) is 0.233. The summed E-state index contributed by atoms with van der Waals surface area (Å²) in [6, 6.07) is 18.1. The van der Waals surface area contributed by atoms with Gasteiger partial charge in [-0.25, -0.2) is 0 Å². The van der Waals surface area contributed by atoms with E-state index in [0.29, 0.717) is 6.42 Å². The van der Waals surface area contributed by atoms with E-state index in [0.717, 1.165) is 11.3 Å². The summed E-state index contributed by atoms with van der Waals surface area (Å²) >= 11 is 2.03. The summed E-state index contributed by atoms with van der Waals surface area (Å²) in [5.74, 6) is -0.727. The number of benzene rings is 2. The lowest BCUT2D eigenvalue weighted by Crippen LogP contribution is -2.37. The standard InChI is InChI=1S/C24H27IN6O3/c1-15(2)13-18(20(26)32)28-24-29-22(31(25)17-11-7-4-8-12-17)19(21(27)33)23(30-24)34-14-16-9-5-3-6-10-16/h3-12,15,18H,13-14H2,1-2H3,(H2,26,32)(H2,27,33)(H,28,29,30)/t18-/m1/s1. The molecule has 1 heterocycles. The Hall–Kier alpha value is -3.41. The van der Waals surface area contributed by atoms with E-state index in [9.17, 15) is 9.59 Å². The van der Waals surface area contributed by atoms with Gasteiger partial charge in [0.25, 0.3) is 5.91 Å². The minimum Gasteiger partial charge on any atom is -0.472 e. The first-order valence-electron chi connectivity index (χ1n) is 10.7. The van der Waals surface area contributed by atoms with Crippen LogP contribution >= 0.6 is 22.9 Å². The van der Waals surface area contributed by atoms with E-state index in [-0.39, 0.29) is 35.7 Å². The number of primary amides is 2. The Morgan fingerprint density at radius 3 is 2.21 bits per heavy atom. The first-order valence-corrected chi connectivity index (χ1v) is 11.7. The molecule has 1 atom stereocenters. The van der Waals surface area contributed by atoms with Gasteiger partial charge < -0.3 is 21.5 Å². The van der Waals surface area contributed by atoms with Gasteiger partial charge in [-0.2, -0.15) is 9.97 Å². The molecule has 0 aliphatic carbocycles. The highest BCUT2D eigenvalue weighted by molar-refractivity contribution is 14.1. The summed E-state index contributed by atoms with van der Waals surface area (Å²) in [4.78, 5) is 33.5. The van der Waals surface area contributed by atoms with Crippen molar-refractivity contribution in [2.45, 2.75) is 32.9 Å². The number of hydrogen-bond acceptors (Lipinski definition) is 7. The average Bonchev–Trinajstić information content (AvgIpc) is 2.82. The van der Waals surface area contributed by atoms with Crippen LogP contribution in [0.5, 0.6) is 5.88 Å². The summed E-state index contributed by atoms with van der Waals surface area (Å²) in [5.41, 5.74) is 13.0. The van der Waals surface area contributed by atoms with E-state index in [1.165, 1.54) is 0 Å². The number of ether oxygens (including phenoxy) is 1. The number of anilines is 3. The van der Waals surface area contributed by atoms with Crippen LogP contribution in [-0.4, -0.2) is 27.8 Å². The topological polar surface area (TPSA) is 136 Å². The normalized spacial score (nSPS) is 11.6. The molecular formula is C24H27IN6O3. The van der Waals surface area contributed by atoms with E-state index in [2.05, 4.69) is 15.3 Å². The number of carbonyl (C=O) groups is 2. The lowest BCUT2D eigenvalue weighted by molar-refractivity contribution is -0.119. The fraction of sp³-hybridized carbons (Fsp3) is 0.250. The molecular weight excluding hydrogens is 547 g/mol. The maximum absolute atomic E-state index is 12.5. The molecule has 34 heavy (non-hydrogen) atoms. The van der Waals surface area contributed by atoms with Gasteiger partial charge in [0.05, 0.1) is 28.6 Å². The van der Waals surface area contributed by atoms with Gasteiger partial charge in [0.2, 0.25) is 17.7 Å². The zero-order valence-electron chi connectivity index (χ0n) is 18.9. The van der Waals surface area contributed by atoms with Crippen LogP contribution in [-0.2, 0) is 11.4 Å². The van der Waals surface area contributed by atoms with Crippen molar-refractivity contribution in [2.24, 2.45) is 17.4 Å². The second-order valence-electron chi connectivity index (χ2n) is 8.03. The predicted octanol–water partition coefficient (Wildman–Crippen LogP) is 3.95. The van der Waals surface area contributed by atoms with Crippen molar-refractivity contribution in [3.63, 3.8) is 0 Å². The third kappa shape index (κ3) is 6.56. The molecule has 3 rings (SSSR count). The number of amides is 2. The minimum atomic E-state index is -0.740. The first-order chi connectivity index (χ1) is 16.3. The summed E-state index contributed by atoms with van der Waals surface area (Å²) in [6.07, 6.45) is 0.485. The second kappa shape index (κ2) is 11.6. The Labute approximate surface area is 212 Å². The first kappa shape index (κ1) is 25.2. The van der Waals surface area contributed by atoms with Gasteiger partial charge in [-0.1, -0.05) is 62.4 Å². The maximum atomic E-state index is 12.5. The van der Waals surface area contributed by atoms with Crippen LogP contribution in [0.1, 0.15) is 36.2 Å². The van der Waals surface area contributed by atoms with Gasteiger partial charge in [-0.05, 0) is 30.0 Å². The molecule has 9 nitrogen and oxygen atoms in total. The van der Waals surface area contributed by atoms with Crippen LogP contribution < -0.4 is 24.6 Å². The van der Waals surface area contributed by atoms with Gasteiger partial charge in [0, 0.05) is 0 Å². The van der Waals surface area contributed by atoms with E-state index < -0.39 is 17.9 Å². The SMILES string of the molecule is CC(C)C[C@@H](Nc1nc(OCc2ccccc2)c(C(N)=O)c(N(I)c2ccccc2)n1)C(N)=O. The molecule has 10 heteroatoms.